The first-order chi connectivity index (χ1) is 13.0. The zero-order valence-electron chi connectivity index (χ0n) is 14.8. The van der Waals surface area contributed by atoms with Crippen molar-refractivity contribution in [1.29, 1.82) is 0 Å². The number of rotatable bonds is 6. The lowest BCUT2D eigenvalue weighted by Crippen LogP contribution is -2.48. The maximum atomic E-state index is 13.1. The van der Waals surface area contributed by atoms with Crippen LogP contribution in [0.3, 0.4) is 0 Å². The average molecular weight is 423 g/mol. The quantitative estimate of drug-likeness (QED) is 0.247. The zero-order valence-corrected chi connectivity index (χ0v) is 16.4. The van der Waals surface area contributed by atoms with Crippen molar-refractivity contribution < 1.29 is 14.8 Å². The molecule has 9 heteroatoms. The summed E-state index contributed by atoms with van der Waals surface area (Å²) in [7, 11) is 0. The van der Waals surface area contributed by atoms with Gasteiger partial charge in [-0.25, -0.2) is 10.5 Å². The van der Waals surface area contributed by atoms with E-state index in [9.17, 15) is 9.59 Å². The Balaban J connectivity index is 0.00000280. The highest BCUT2D eigenvalue weighted by atomic mass is 35.5. The summed E-state index contributed by atoms with van der Waals surface area (Å²) in [5, 5.41) is 15.6. The van der Waals surface area contributed by atoms with Crippen LogP contribution in [-0.4, -0.2) is 40.5 Å². The number of aromatic nitrogens is 1. The van der Waals surface area contributed by atoms with E-state index in [1.165, 1.54) is 17.6 Å². The highest BCUT2D eigenvalue weighted by molar-refractivity contribution is 6.30. The van der Waals surface area contributed by atoms with Crippen molar-refractivity contribution in [2.45, 2.75) is 12.0 Å². The largest absolute Gasteiger partial charge is 0.356 e. The van der Waals surface area contributed by atoms with Gasteiger partial charge >= 0.3 is 0 Å². The molecule has 0 aliphatic carbocycles. The van der Waals surface area contributed by atoms with Gasteiger partial charge in [0.25, 0.3) is 5.91 Å². The summed E-state index contributed by atoms with van der Waals surface area (Å²) < 4.78 is 0. The lowest BCUT2D eigenvalue weighted by Gasteiger charge is -2.29. The van der Waals surface area contributed by atoms with E-state index in [0.717, 1.165) is 6.54 Å². The van der Waals surface area contributed by atoms with E-state index in [1.807, 2.05) is 0 Å². The van der Waals surface area contributed by atoms with Crippen LogP contribution >= 0.6 is 24.0 Å². The Morgan fingerprint density at radius 2 is 1.96 bits per heavy atom. The number of pyridine rings is 1. The Bertz CT molecular complexity index is 848. The molecule has 1 aromatic carbocycles. The molecule has 4 N–H and O–H groups in total. The molecular formula is C19H20Cl2N4O3. The topological polar surface area (TPSA) is 103 Å². The third kappa shape index (κ3) is 5.08. The van der Waals surface area contributed by atoms with Crippen molar-refractivity contribution in [2.75, 3.05) is 18.4 Å². The molecule has 1 aliphatic rings. The van der Waals surface area contributed by atoms with Gasteiger partial charge in [-0.1, -0.05) is 11.6 Å². The summed E-state index contributed by atoms with van der Waals surface area (Å²) in [5.74, 6) is -0.0823. The first-order valence-corrected chi connectivity index (χ1v) is 8.78. The van der Waals surface area contributed by atoms with Crippen molar-refractivity contribution in [2.24, 2.45) is 0 Å². The molecular weight excluding hydrogens is 403 g/mol. The van der Waals surface area contributed by atoms with Gasteiger partial charge in [0, 0.05) is 29.4 Å². The van der Waals surface area contributed by atoms with E-state index in [1.54, 1.807) is 42.6 Å². The zero-order chi connectivity index (χ0) is 19.3. The molecule has 3 rings (SSSR count). The molecule has 0 bridgehead atoms. The van der Waals surface area contributed by atoms with Crippen molar-refractivity contribution in [1.82, 2.24) is 15.8 Å². The molecule has 1 atom stereocenters. The SMILES string of the molecule is Cl.O=C(/C=C/c1ccc(N[C@]2(C(=O)c3ccc(Cl)cc3)CCNC2)nc1)NO. The molecule has 1 fully saturated rings. The van der Waals surface area contributed by atoms with Crippen molar-refractivity contribution in [3.63, 3.8) is 0 Å². The third-order valence-electron chi connectivity index (χ3n) is 4.39. The van der Waals surface area contributed by atoms with Crippen molar-refractivity contribution in [3.05, 3.63) is 64.8 Å². The van der Waals surface area contributed by atoms with E-state index < -0.39 is 11.4 Å². The number of benzene rings is 1. The fourth-order valence-corrected chi connectivity index (χ4v) is 3.08. The molecule has 0 unspecified atom stereocenters. The van der Waals surface area contributed by atoms with Crippen LogP contribution in [0.2, 0.25) is 5.02 Å². The monoisotopic (exact) mass is 422 g/mol. The highest BCUT2D eigenvalue weighted by Gasteiger charge is 2.41. The number of halogens is 2. The number of ketones is 1. The van der Waals surface area contributed by atoms with Crippen LogP contribution in [0, 0.1) is 0 Å². The van der Waals surface area contributed by atoms with Gasteiger partial charge in [0.1, 0.15) is 11.4 Å². The predicted octanol–water partition coefficient (Wildman–Crippen LogP) is 2.70. The number of amides is 1. The second-order valence-electron chi connectivity index (χ2n) is 6.26. The van der Waals surface area contributed by atoms with Crippen LogP contribution in [0.5, 0.6) is 0 Å². The second-order valence-corrected chi connectivity index (χ2v) is 6.69. The van der Waals surface area contributed by atoms with Gasteiger partial charge in [-0.15, -0.1) is 12.4 Å². The highest BCUT2D eigenvalue weighted by Crippen LogP contribution is 2.26. The molecule has 28 heavy (non-hydrogen) atoms. The Hall–Kier alpha value is -2.45. The molecule has 2 heterocycles. The Morgan fingerprint density at radius 3 is 2.54 bits per heavy atom. The molecule has 7 nitrogen and oxygen atoms in total. The minimum absolute atomic E-state index is 0. The molecule has 0 spiro atoms. The molecule has 1 aliphatic heterocycles. The third-order valence-corrected chi connectivity index (χ3v) is 4.64. The second kappa shape index (κ2) is 9.66. The summed E-state index contributed by atoms with van der Waals surface area (Å²) in [5.41, 5.74) is 2.01. The molecule has 1 saturated heterocycles. The van der Waals surface area contributed by atoms with Gasteiger partial charge in [-0.2, -0.15) is 0 Å². The Kier molecular flexibility index (Phi) is 7.53. The van der Waals surface area contributed by atoms with E-state index >= 15 is 0 Å². The van der Waals surface area contributed by atoms with Gasteiger partial charge in [0.15, 0.2) is 5.78 Å². The van der Waals surface area contributed by atoms with Gasteiger partial charge in [-0.3, -0.25) is 14.8 Å². The Morgan fingerprint density at radius 1 is 1.21 bits per heavy atom. The number of nitrogens with zero attached hydrogens (tertiary/aromatic N) is 1. The number of Topliss-reactive ketones (excluding diaryl/α,β-unsaturated/α-hetero) is 1. The van der Waals surface area contributed by atoms with Crippen LogP contribution in [-0.2, 0) is 4.79 Å². The van der Waals surface area contributed by atoms with Crippen LogP contribution in [0.4, 0.5) is 5.82 Å². The molecule has 148 valence electrons. The summed E-state index contributed by atoms with van der Waals surface area (Å²) in [6.45, 7) is 1.22. The first-order valence-electron chi connectivity index (χ1n) is 8.40. The van der Waals surface area contributed by atoms with Crippen molar-refractivity contribution >= 4 is 47.6 Å². The number of hydrogen-bond acceptors (Lipinski definition) is 6. The van der Waals surface area contributed by atoms with Gasteiger partial charge in [-0.05, 0) is 61.0 Å². The molecule has 0 saturated carbocycles. The van der Waals surface area contributed by atoms with Crippen LogP contribution in [0.1, 0.15) is 22.3 Å². The van der Waals surface area contributed by atoms with E-state index in [-0.39, 0.29) is 18.2 Å². The van der Waals surface area contributed by atoms with Gasteiger partial charge < -0.3 is 10.6 Å². The summed E-state index contributed by atoms with van der Waals surface area (Å²) in [6.07, 6.45) is 4.92. The van der Waals surface area contributed by atoms with Crippen molar-refractivity contribution in [3.8, 4) is 0 Å². The number of carbonyl (C=O) groups excluding carboxylic acids is 2. The maximum absolute atomic E-state index is 13.1. The van der Waals surface area contributed by atoms with Crippen LogP contribution in [0.25, 0.3) is 6.08 Å². The summed E-state index contributed by atoms with van der Waals surface area (Å²) in [6, 6.07) is 10.4. The normalized spacial score (nSPS) is 18.5. The first kappa shape index (κ1) is 21.8. The van der Waals surface area contributed by atoms with Crippen LogP contribution in [0.15, 0.2) is 48.7 Å². The molecule has 0 radical (unpaired) electrons. The van der Waals surface area contributed by atoms with Gasteiger partial charge in [0.2, 0.25) is 0 Å². The standard InChI is InChI=1S/C19H19ClN4O3.ClH/c20-15-5-3-14(4-6-15)18(26)19(9-10-21-12-19)23-16-7-1-13(11-22-16)2-8-17(25)24-27;/h1-8,11,21,27H,9-10,12H2,(H,22,23)(H,24,25);1H/b8-2+;/t19-;/m1./s1. The smallest absolute Gasteiger partial charge is 0.267 e. The minimum atomic E-state index is -0.783. The summed E-state index contributed by atoms with van der Waals surface area (Å²) >= 11 is 5.92. The predicted molar refractivity (Wildman–Crippen MR) is 110 cm³/mol. The van der Waals surface area contributed by atoms with E-state index in [0.29, 0.717) is 34.9 Å². The number of anilines is 1. The lowest BCUT2D eigenvalue weighted by atomic mass is 9.88. The molecule has 2 aromatic rings. The van der Waals surface area contributed by atoms with E-state index in [2.05, 4.69) is 15.6 Å². The summed E-state index contributed by atoms with van der Waals surface area (Å²) in [4.78, 5) is 28.5. The van der Waals surface area contributed by atoms with Crippen LogP contribution < -0.4 is 16.1 Å². The minimum Gasteiger partial charge on any atom is -0.356 e. The maximum Gasteiger partial charge on any atom is 0.267 e. The lowest BCUT2D eigenvalue weighted by molar-refractivity contribution is -0.124. The number of hydrogen-bond donors (Lipinski definition) is 4. The fourth-order valence-electron chi connectivity index (χ4n) is 2.96. The van der Waals surface area contributed by atoms with Gasteiger partial charge in [0.05, 0.1) is 0 Å². The molecule has 1 amide bonds. The Labute approximate surface area is 173 Å². The number of carbonyl (C=O) groups is 2. The average Bonchev–Trinajstić information content (AvgIpc) is 3.17. The number of nitrogens with one attached hydrogen (secondary N) is 3. The number of hydroxylamine groups is 1. The fraction of sp³-hybridized carbons (Fsp3) is 0.211. The molecule has 1 aromatic heterocycles. The van der Waals surface area contributed by atoms with E-state index in [4.69, 9.17) is 16.8 Å².